The van der Waals surface area contributed by atoms with E-state index in [0.29, 0.717) is 10.8 Å². The van der Waals surface area contributed by atoms with E-state index in [1.54, 1.807) is 4.90 Å². The smallest absolute Gasteiger partial charge is 0.263 e. The van der Waals surface area contributed by atoms with Crippen molar-refractivity contribution in [1.29, 1.82) is 0 Å². The number of amides is 1. The molecule has 0 radical (unpaired) electrons. The summed E-state index contributed by atoms with van der Waals surface area (Å²) in [4.78, 5) is 15.6. The molecule has 3 nitrogen and oxygen atoms in total. The molecule has 1 aromatic rings. The van der Waals surface area contributed by atoms with E-state index in [1.165, 1.54) is 11.3 Å². The molecule has 0 fully saturated rings. The van der Waals surface area contributed by atoms with E-state index in [1.807, 2.05) is 20.0 Å². The number of carbonyl (C=O) groups excluding carboxylic acids is 1. The zero-order valence-electron chi connectivity index (χ0n) is 12.0. The van der Waals surface area contributed by atoms with E-state index in [0.717, 1.165) is 23.4 Å². The van der Waals surface area contributed by atoms with Gasteiger partial charge in [0.1, 0.15) is 6.61 Å². The molecule has 0 aromatic carbocycles. The summed E-state index contributed by atoms with van der Waals surface area (Å²) in [5.41, 5.74) is 0.992. The first-order valence-corrected chi connectivity index (χ1v) is 7.26. The minimum Gasteiger partial charge on any atom is -0.384 e. The molecule has 4 heteroatoms. The zero-order valence-corrected chi connectivity index (χ0v) is 12.8. The minimum absolute atomic E-state index is 0.0467. The van der Waals surface area contributed by atoms with Crippen LogP contribution in [0.5, 0.6) is 0 Å². The lowest BCUT2D eigenvalue weighted by molar-refractivity contribution is 0.0779. The maximum Gasteiger partial charge on any atom is 0.263 e. The average Bonchev–Trinajstić information content (AvgIpc) is 2.76. The Morgan fingerprint density at radius 1 is 1.58 bits per heavy atom. The molecular formula is C15H21NO2S. The average molecular weight is 279 g/mol. The van der Waals surface area contributed by atoms with E-state index in [4.69, 9.17) is 5.11 Å². The number of thiophene rings is 1. The van der Waals surface area contributed by atoms with Crippen LogP contribution in [0.15, 0.2) is 6.07 Å². The highest BCUT2D eigenvalue weighted by Crippen LogP contribution is 2.22. The molecule has 1 amide bonds. The third-order valence-corrected chi connectivity index (χ3v) is 4.18. The van der Waals surface area contributed by atoms with Gasteiger partial charge in [-0.15, -0.1) is 11.3 Å². The molecule has 104 valence electrons. The normalized spacial score (nSPS) is 11.6. The number of aryl methyl sites for hydroxylation is 1. The van der Waals surface area contributed by atoms with Crippen molar-refractivity contribution in [2.24, 2.45) is 5.92 Å². The number of aliphatic hydroxyl groups excluding tert-OH is 1. The van der Waals surface area contributed by atoms with Crippen LogP contribution in [0.3, 0.4) is 0 Å². The molecule has 1 aromatic heterocycles. The van der Waals surface area contributed by atoms with E-state index in [-0.39, 0.29) is 12.5 Å². The summed E-state index contributed by atoms with van der Waals surface area (Å²) < 4.78 is 0. The fourth-order valence-corrected chi connectivity index (χ4v) is 2.74. The molecule has 0 bridgehead atoms. The first-order valence-electron chi connectivity index (χ1n) is 6.45. The van der Waals surface area contributed by atoms with Crippen LogP contribution in [-0.4, -0.2) is 36.1 Å². The summed E-state index contributed by atoms with van der Waals surface area (Å²) in [5.74, 6) is 6.05. The van der Waals surface area contributed by atoms with Gasteiger partial charge in [-0.25, -0.2) is 0 Å². The van der Waals surface area contributed by atoms with Gasteiger partial charge in [-0.2, -0.15) is 0 Å². The highest BCUT2D eigenvalue weighted by molar-refractivity contribution is 7.14. The number of nitrogens with zero attached hydrogens (tertiary/aromatic N) is 1. The Labute approximate surface area is 119 Å². The molecule has 0 saturated heterocycles. The number of rotatable bonds is 4. The van der Waals surface area contributed by atoms with Crippen molar-refractivity contribution in [2.75, 3.05) is 20.2 Å². The molecule has 1 unspecified atom stereocenters. The van der Waals surface area contributed by atoms with Crippen LogP contribution in [0.25, 0.3) is 0 Å². The molecule has 0 aliphatic heterocycles. The summed E-state index contributed by atoms with van der Waals surface area (Å²) >= 11 is 1.39. The predicted molar refractivity (Wildman–Crippen MR) is 79.4 cm³/mol. The third-order valence-electron chi connectivity index (χ3n) is 3.04. The van der Waals surface area contributed by atoms with Gasteiger partial charge in [0, 0.05) is 13.6 Å². The third kappa shape index (κ3) is 4.38. The van der Waals surface area contributed by atoms with Crippen LogP contribution >= 0.6 is 11.3 Å². The van der Waals surface area contributed by atoms with Gasteiger partial charge in [-0.3, -0.25) is 4.79 Å². The number of carbonyl (C=O) groups is 1. The van der Waals surface area contributed by atoms with Gasteiger partial charge in [0.05, 0.1) is 9.75 Å². The molecule has 1 atom stereocenters. The maximum atomic E-state index is 12.3. The van der Waals surface area contributed by atoms with E-state index in [2.05, 4.69) is 25.7 Å². The topological polar surface area (TPSA) is 40.5 Å². The lowest BCUT2D eigenvalue weighted by atomic mass is 10.1. The summed E-state index contributed by atoms with van der Waals surface area (Å²) in [6.45, 7) is 6.81. The quantitative estimate of drug-likeness (QED) is 0.860. The molecule has 0 saturated carbocycles. The van der Waals surface area contributed by atoms with Crippen LogP contribution < -0.4 is 0 Å². The largest absolute Gasteiger partial charge is 0.384 e. The van der Waals surface area contributed by atoms with Crippen LogP contribution in [-0.2, 0) is 0 Å². The van der Waals surface area contributed by atoms with Crippen LogP contribution in [0, 0.1) is 24.7 Å². The van der Waals surface area contributed by atoms with Gasteiger partial charge in [-0.1, -0.05) is 32.1 Å². The SMILES string of the molecule is CCC(C)CN(C)C(=O)c1cc(C)c(C#CCO)s1. The van der Waals surface area contributed by atoms with Crippen molar-refractivity contribution < 1.29 is 9.90 Å². The predicted octanol–water partition coefficient (Wildman–Crippen LogP) is 2.52. The van der Waals surface area contributed by atoms with Crippen LogP contribution in [0.2, 0.25) is 0 Å². The van der Waals surface area contributed by atoms with Crippen molar-refractivity contribution in [1.82, 2.24) is 4.90 Å². The van der Waals surface area contributed by atoms with Crippen LogP contribution in [0.4, 0.5) is 0 Å². The van der Waals surface area contributed by atoms with Crippen LogP contribution in [0.1, 0.15) is 40.4 Å². The van der Waals surface area contributed by atoms with Gasteiger partial charge in [0.2, 0.25) is 0 Å². The molecular weight excluding hydrogens is 258 g/mol. The highest BCUT2D eigenvalue weighted by atomic mass is 32.1. The second-order valence-electron chi connectivity index (χ2n) is 4.78. The second-order valence-corrected chi connectivity index (χ2v) is 5.83. The summed E-state index contributed by atoms with van der Waals surface area (Å²) in [6.07, 6.45) is 1.06. The Kier molecular flexibility index (Phi) is 6.07. The first-order chi connectivity index (χ1) is 8.99. The van der Waals surface area contributed by atoms with Gasteiger partial charge in [0.15, 0.2) is 0 Å². The number of aliphatic hydroxyl groups is 1. The molecule has 1 heterocycles. The fourth-order valence-electron chi connectivity index (χ4n) is 1.70. The molecule has 1 N–H and O–H groups in total. The summed E-state index contributed by atoms with van der Waals surface area (Å²) in [5, 5.41) is 8.70. The second kappa shape index (κ2) is 7.32. The minimum atomic E-state index is -0.158. The Morgan fingerprint density at radius 2 is 2.26 bits per heavy atom. The van der Waals surface area contributed by atoms with Crippen molar-refractivity contribution in [3.8, 4) is 11.8 Å². The van der Waals surface area contributed by atoms with Gasteiger partial charge < -0.3 is 10.0 Å². The Balaban J connectivity index is 2.83. The number of hydrogen-bond acceptors (Lipinski definition) is 3. The molecule has 0 spiro atoms. The van der Waals surface area contributed by atoms with E-state index < -0.39 is 0 Å². The standard InChI is InChI=1S/C15H21NO2S/c1-5-11(2)10-16(4)15(18)14-9-12(3)13(19-14)7-6-8-17/h9,11,17H,5,8,10H2,1-4H3. The van der Waals surface area contributed by atoms with Crippen molar-refractivity contribution >= 4 is 17.2 Å². The Bertz CT molecular complexity index is 496. The summed E-state index contributed by atoms with van der Waals surface area (Å²) in [6, 6.07) is 1.88. The van der Waals surface area contributed by atoms with Gasteiger partial charge >= 0.3 is 0 Å². The summed E-state index contributed by atoms with van der Waals surface area (Å²) in [7, 11) is 1.84. The lowest BCUT2D eigenvalue weighted by Gasteiger charge is -2.19. The monoisotopic (exact) mass is 279 g/mol. The lowest BCUT2D eigenvalue weighted by Crippen LogP contribution is -2.30. The Hall–Kier alpha value is -1.31. The van der Waals surface area contributed by atoms with Crippen molar-refractivity contribution in [2.45, 2.75) is 27.2 Å². The molecule has 19 heavy (non-hydrogen) atoms. The molecule has 0 aliphatic carbocycles. The van der Waals surface area contributed by atoms with Crippen molar-refractivity contribution in [3.63, 3.8) is 0 Å². The Morgan fingerprint density at radius 3 is 2.84 bits per heavy atom. The van der Waals surface area contributed by atoms with Gasteiger partial charge in [0.25, 0.3) is 5.91 Å². The van der Waals surface area contributed by atoms with Crippen molar-refractivity contribution in [3.05, 3.63) is 21.4 Å². The van der Waals surface area contributed by atoms with E-state index >= 15 is 0 Å². The molecule has 1 rings (SSSR count). The number of hydrogen-bond donors (Lipinski definition) is 1. The highest BCUT2D eigenvalue weighted by Gasteiger charge is 2.17. The maximum absolute atomic E-state index is 12.3. The first kappa shape index (κ1) is 15.7. The molecule has 0 aliphatic rings. The van der Waals surface area contributed by atoms with Gasteiger partial charge in [-0.05, 0) is 24.5 Å². The zero-order chi connectivity index (χ0) is 14.4. The fraction of sp³-hybridized carbons (Fsp3) is 0.533. The van der Waals surface area contributed by atoms with E-state index in [9.17, 15) is 4.79 Å².